The number of hydrogen-bond donors (Lipinski definition) is 2. The number of amides is 1. The van der Waals surface area contributed by atoms with Gasteiger partial charge in [-0.3, -0.25) is 4.79 Å². The summed E-state index contributed by atoms with van der Waals surface area (Å²) in [4.78, 5) is 20.3. The molecule has 0 saturated carbocycles. The molecule has 0 aliphatic heterocycles. The van der Waals surface area contributed by atoms with E-state index in [1.807, 2.05) is 6.07 Å². The van der Waals surface area contributed by atoms with Crippen molar-refractivity contribution in [3.8, 4) is 11.3 Å². The minimum absolute atomic E-state index is 0.00494. The summed E-state index contributed by atoms with van der Waals surface area (Å²) in [5, 5.41) is 2.94. The van der Waals surface area contributed by atoms with Crippen molar-refractivity contribution < 1.29 is 9.18 Å². The highest BCUT2D eigenvalue weighted by Gasteiger charge is 2.11. The Balaban J connectivity index is 1.78. The van der Waals surface area contributed by atoms with Gasteiger partial charge in [0.05, 0.1) is 5.69 Å². The molecule has 3 N–H and O–H groups in total. The number of carbonyl (C=O) groups excluding carboxylic acids is 1. The predicted octanol–water partition coefficient (Wildman–Crippen LogP) is 3.45. The van der Waals surface area contributed by atoms with Gasteiger partial charge in [0.25, 0.3) is 5.91 Å². The molecule has 0 spiro atoms. The molecule has 0 fully saturated rings. The van der Waals surface area contributed by atoms with Crippen LogP contribution in [0, 0.1) is 5.82 Å². The van der Waals surface area contributed by atoms with Gasteiger partial charge in [-0.1, -0.05) is 29.8 Å². The monoisotopic (exact) mass is 356 g/mol. The normalized spacial score (nSPS) is 10.5. The molecule has 3 rings (SSSR count). The van der Waals surface area contributed by atoms with Gasteiger partial charge >= 0.3 is 0 Å². The van der Waals surface area contributed by atoms with Crippen LogP contribution in [0.3, 0.4) is 0 Å². The number of nitrogens with zero attached hydrogens (tertiary/aromatic N) is 2. The molecule has 7 heteroatoms. The maximum absolute atomic E-state index is 13.8. The Morgan fingerprint density at radius 1 is 1.16 bits per heavy atom. The number of anilines is 1. The maximum Gasteiger partial charge on any atom is 0.251 e. The van der Waals surface area contributed by atoms with Crippen molar-refractivity contribution in [3.05, 3.63) is 76.8 Å². The lowest BCUT2D eigenvalue weighted by atomic mass is 10.1. The minimum Gasteiger partial charge on any atom is -0.384 e. The highest BCUT2D eigenvalue weighted by atomic mass is 35.5. The van der Waals surface area contributed by atoms with Crippen molar-refractivity contribution in [2.24, 2.45) is 0 Å². The van der Waals surface area contributed by atoms with E-state index < -0.39 is 5.82 Å². The van der Waals surface area contributed by atoms with Gasteiger partial charge in [-0.15, -0.1) is 0 Å². The summed E-state index contributed by atoms with van der Waals surface area (Å²) in [6.45, 7) is -0.00494. The van der Waals surface area contributed by atoms with Crippen LogP contribution in [0.2, 0.25) is 5.02 Å². The van der Waals surface area contributed by atoms with Crippen LogP contribution in [0.1, 0.15) is 15.9 Å². The van der Waals surface area contributed by atoms with Crippen molar-refractivity contribution >= 4 is 23.3 Å². The second-order valence-electron chi connectivity index (χ2n) is 5.29. The Kier molecular flexibility index (Phi) is 4.90. The summed E-state index contributed by atoms with van der Waals surface area (Å²) in [5.41, 5.74) is 7.66. The number of nitrogen functional groups attached to an aromatic ring is 1. The summed E-state index contributed by atoms with van der Waals surface area (Å²) in [6.07, 6.45) is 1.36. The number of aromatic nitrogens is 2. The van der Waals surface area contributed by atoms with E-state index in [0.29, 0.717) is 17.1 Å². The molecule has 0 saturated heterocycles. The number of nitrogens with two attached hydrogens (primary N) is 1. The van der Waals surface area contributed by atoms with E-state index in [2.05, 4.69) is 15.3 Å². The standard InChI is InChI=1S/C18H14ClFN4O/c19-14-5-2-6-15(20)13(14)9-22-18(25)12-4-1-3-11(7-12)16-8-17(21)24-10-23-16/h1-8,10H,9H2,(H,22,25)(H2,21,23,24). The predicted molar refractivity (Wildman–Crippen MR) is 94.5 cm³/mol. The topological polar surface area (TPSA) is 80.9 Å². The molecule has 1 heterocycles. The summed E-state index contributed by atoms with van der Waals surface area (Å²) in [7, 11) is 0. The second-order valence-corrected chi connectivity index (χ2v) is 5.70. The second kappa shape index (κ2) is 7.27. The van der Waals surface area contributed by atoms with E-state index in [1.165, 1.54) is 18.5 Å². The highest BCUT2D eigenvalue weighted by molar-refractivity contribution is 6.31. The fraction of sp³-hybridized carbons (Fsp3) is 0.0556. The van der Waals surface area contributed by atoms with Crippen LogP contribution in [-0.4, -0.2) is 15.9 Å². The molecule has 1 amide bonds. The Morgan fingerprint density at radius 2 is 1.96 bits per heavy atom. The minimum atomic E-state index is -0.460. The fourth-order valence-electron chi connectivity index (χ4n) is 2.32. The van der Waals surface area contributed by atoms with E-state index in [-0.39, 0.29) is 23.0 Å². The summed E-state index contributed by atoms with van der Waals surface area (Å²) in [6, 6.07) is 12.9. The van der Waals surface area contributed by atoms with E-state index in [9.17, 15) is 9.18 Å². The molecule has 0 atom stereocenters. The Morgan fingerprint density at radius 3 is 2.72 bits per heavy atom. The lowest BCUT2D eigenvalue weighted by Crippen LogP contribution is -2.23. The van der Waals surface area contributed by atoms with Crippen molar-refractivity contribution in [3.63, 3.8) is 0 Å². The maximum atomic E-state index is 13.8. The van der Waals surface area contributed by atoms with Gasteiger partial charge in [0.1, 0.15) is 18.0 Å². The van der Waals surface area contributed by atoms with E-state index in [4.69, 9.17) is 17.3 Å². The molecule has 1 aromatic heterocycles. The Labute approximate surface area is 148 Å². The zero-order chi connectivity index (χ0) is 17.8. The molecular formula is C18H14ClFN4O. The number of nitrogens with one attached hydrogen (secondary N) is 1. The van der Waals surface area contributed by atoms with Crippen LogP contribution in [0.15, 0.2) is 54.9 Å². The molecule has 0 bridgehead atoms. The van der Waals surface area contributed by atoms with Crippen LogP contribution in [0.4, 0.5) is 10.2 Å². The van der Waals surface area contributed by atoms with Crippen LogP contribution in [0.5, 0.6) is 0 Å². The van der Waals surface area contributed by atoms with Crippen molar-refractivity contribution in [2.75, 3.05) is 5.73 Å². The third kappa shape index (κ3) is 3.92. The van der Waals surface area contributed by atoms with Gasteiger partial charge in [0.15, 0.2) is 0 Å². The smallest absolute Gasteiger partial charge is 0.251 e. The van der Waals surface area contributed by atoms with Crippen molar-refractivity contribution in [1.29, 1.82) is 0 Å². The van der Waals surface area contributed by atoms with Crippen molar-refractivity contribution in [1.82, 2.24) is 15.3 Å². The van der Waals surface area contributed by atoms with Gasteiger partial charge in [-0.2, -0.15) is 0 Å². The van der Waals surface area contributed by atoms with Gasteiger partial charge in [-0.05, 0) is 24.3 Å². The van der Waals surface area contributed by atoms with Crippen LogP contribution in [-0.2, 0) is 6.54 Å². The first-order valence-electron chi connectivity index (χ1n) is 7.43. The van der Waals surface area contributed by atoms with Gasteiger partial charge in [0, 0.05) is 34.3 Å². The van der Waals surface area contributed by atoms with Gasteiger partial charge in [-0.25, -0.2) is 14.4 Å². The first kappa shape index (κ1) is 16.9. The quantitative estimate of drug-likeness (QED) is 0.750. The molecule has 5 nitrogen and oxygen atoms in total. The molecule has 25 heavy (non-hydrogen) atoms. The van der Waals surface area contributed by atoms with Gasteiger partial charge < -0.3 is 11.1 Å². The molecule has 3 aromatic rings. The average Bonchev–Trinajstić information content (AvgIpc) is 2.61. The van der Waals surface area contributed by atoms with E-state index in [0.717, 1.165) is 5.56 Å². The third-order valence-corrected chi connectivity index (χ3v) is 3.95. The Hall–Kier alpha value is -2.99. The fourth-order valence-corrected chi connectivity index (χ4v) is 2.55. The number of rotatable bonds is 4. The first-order chi connectivity index (χ1) is 12.0. The molecule has 126 valence electrons. The molecule has 0 aliphatic rings. The largest absolute Gasteiger partial charge is 0.384 e. The Bertz CT molecular complexity index is 912. The zero-order valence-corrected chi connectivity index (χ0v) is 13.8. The number of carbonyl (C=O) groups is 1. The molecule has 2 aromatic carbocycles. The summed E-state index contributed by atoms with van der Waals surface area (Å²) >= 11 is 5.96. The lowest BCUT2D eigenvalue weighted by Gasteiger charge is -2.09. The lowest BCUT2D eigenvalue weighted by molar-refractivity contribution is 0.0950. The molecular weight excluding hydrogens is 343 g/mol. The van der Waals surface area contributed by atoms with Crippen molar-refractivity contribution in [2.45, 2.75) is 6.54 Å². The number of halogens is 2. The number of hydrogen-bond acceptors (Lipinski definition) is 4. The van der Waals surface area contributed by atoms with Crippen LogP contribution >= 0.6 is 11.6 Å². The third-order valence-electron chi connectivity index (χ3n) is 3.60. The SMILES string of the molecule is Nc1cc(-c2cccc(C(=O)NCc3c(F)cccc3Cl)c2)ncn1. The first-order valence-corrected chi connectivity index (χ1v) is 7.81. The summed E-state index contributed by atoms with van der Waals surface area (Å²) in [5.74, 6) is -0.463. The molecule has 0 unspecified atom stereocenters. The molecule has 0 aliphatic carbocycles. The summed E-state index contributed by atoms with van der Waals surface area (Å²) < 4.78 is 13.8. The highest BCUT2D eigenvalue weighted by Crippen LogP contribution is 2.20. The van der Waals surface area contributed by atoms with E-state index >= 15 is 0 Å². The number of benzene rings is 2. The van der Waals surface area contributed by atoms with Crippen LogP contribution < -0.4 is 11.1 Å². The molecule has 0 radical (unpaired) electrons. The zero-order valence-electron chi connectivity index (χ0n) is 13.0. The van der Waals surface area contributed by atoms with Crippen LogP contribution in [0.25, 0.3) is 11.3 Å². The van der Waals surface area contributed by atoms with Gasteiger partial charge in [0.2, 0.25) is 0 Å². The van der Waals surface area contributed by atoms with E-state index in [1.54, 1.807) is 30.3 Å². The average molecular weight is 357 g/mol.